The Morgan fingerprint density at radius 2 is 1.91 bits per heavy atom. The molecule has 1 aromatic rings. The largest absolute Gasteiger partial charge is 0.479 e. The first-order chi connectivity index (χ1) is 10.2. The lowest BCUT2D eigenvalue weighted by Gasteiger charge is -2.18. The molecule has 122 valence electrons. The molecule has 0 aromatic heterocycles. The number of nitro groups is 1. The molecule has 1 aromatic carbocycles. The van der Waals surface area contributed by atoms with E-state index < -0.39 is 38.1 Å². The number of benzene rings is 1. The Kier molecular flexibility index (Phi) is 5.97. The molecule has 0 fully saturated rings. The van der Waals surface area contributed by atoms with Crippen LogP contribution in [0.3, 0.4) is 0 Å². The van der Waals surface area contributed by atoms with Crippen molar-refractivity contribution in [1.29, 1.82) is 0 Å². The van der Waals surface area contributed by atoms with Gasteiger partial charge in [0.05, 0.1) is 15.9 Å². The van der Waals surface area contributed by atoms with Crippen LogP contribution >= 0.6 is 0 Å². The molecule has 0 saturated carbocycles. The van der Waals surface area contributed by atoms with Crippen molar-refractivity contribution < 1.29 is 32.5 Å². The summed E-state index contributed by atoms with van der Waals surface area (Å²) in [6, 6.07) is 3.76. The lowest BCUT2D eigenvalue weighted by molar-refractivity contribution is -0.384. The maximum Gasteiger partial charge on any atom is 0.337 e. The van der Waals surface area contributed by atoms with Gasteiger partial charge in [0.15, 0.2) is 6.10 Å². The van der Waals surface area contributed by atoms with Gasteiger partial charge in [-0.2, -0.15) is 8.42 Å². The van der Waals surface area contributed by atoms with Crippen LogP contribution in [0.4, 0.5) is 5.69 Å². The minimum absolute atomic E-state index is 0.0484. The molecule has 2 N–H and O–H groups in total. The number of nitrogens with zero attached hydrogens (tertiary/aromatic N) is 1. The van der Waals surface area contributed by atoms with E-state index in [1.807, 2.05) is 0 Å². The topological polar surface area (TPSA) is 144 Å². The van der Waals surface area contributed by atoms with Crippen LogP contribution < -0.4 is 0 Å². The van der Waals surface area contributed by atoms with Crippen molar-refractivity contribution in [3.05, 3.63) is 34.4 Å². The molecule has 22 heavy (non-hydrogen) atoms. The van der Waals surface area contributed by atoms with Crippen molar-refractivity contribution in [2.24, 2.45) is 0 Å². The van der Waals surface area contributed by atoms with Crippen LogP contribution in [0.2, 0.25) is 0 Å². The molecule has 0 radical (unpaired) electrons. The highest BCUT2D eigenvalue weighted by Crippen LogP contribution is 2.20. The first kappa shape index (κ1) is 18.0. The minimum Gasteiger partial charge on any atom is -0.479 e. The predicted molar refractivity (Wildman–Crippen MR) is 73.7 cm³/mol. The predicted octanol–water partition coefficient (Wildman–Crippen LogP) is 0.914. The molecule has 0 bridgehead atoms. The molecule has 0 aliphatic heterocycles. The average molecular weight is 333 g/mol. The van der Waals surface area contributed by atoms with Gasteiger partial charge in [-0.05, 0) is 18.6 Å². The summed E-state index contributed by atoms with van der Waals surface area (Å²) in [6.07, 6.45) is -2.95. The summed E-state index contributed by atoms with van der Waals surface area (Å²) in [4.78, 5) is 20.4. The summed E-state index contributed by atoms with van der Waals surface area (Å²) >= 11 is 0. The van der Waals surface area contributed by atoms with Crippen molar-refractivity contribution >= 4 is 21.8 Å². The van der Waals surface area contributed by atoms with E-state index in [1.54, 1.807) is 6.92 Å². The standard InChI is InChI=1S/C12H15NO8S/c1-2-3-10(14)11(12(15)16)21-22(19,20)9-6-4-8(5-7-9)13(17)18/h4-7,10-11,14H,2-3H2,1H3,(H,15,16). The molecule has 10 heteroatoms. The number of carbonyl (C=O) groups is 1. The normalized spacial score (nSPS) is 14.3. The number of aliphatic hydroxyl groups is 1. The molecule has 2 atom stereocenters. The first-order valence-corrected chi connectivity index (χ1v) is 7.68. The third-order valence-corrected chi connectivity index (χ3v) is 4.05. The van der Waals surface area contributed by atoms with Crippen molar-refractivity contribution in [2.75, 3.05) is 0 Å². The van der Waals surface area contributed by atoms with Crippen LogP contribution in [0.1, 0.15) is 19.8 Å². The second-order valence-electron chi connectivity index (χ2n) is 4.42. The number of rotatable bonds is 8. The number of carboxylic acids is 1. The van der Waals surface area contributed by atoms with Crippen molar-refractivity contribution in [1.82, 2.24) is 0 Å². The maximum atomic E-state index is 12.0. The van der Waals surface area contributed by atoms with Crippen molar-refractivity contribution in [3.63, 3.8) is 0 Å². The van der Waals surface area contributed by atoms with Crippen LogP contribution in [-0.2, 0) is 19.1 Å². The van der Waals surface area contributed by atoms with E-state index in [9.17, 15) is 28.4 Å². The van der Waals surface area contributed by atoms with Crippen LogP contribution in [-0.4, -0.2) is 41.7 Å². The van der Waals surface area contributed by atoms with Crippen molar-refractivity contribution in [2.45, 2.75) is 36.9 Å². The van der Waals surface area contributed by atoms with Gasteiger partial charge in [0.1, 0.15) is 0 Å². The van der Waals surface area contributed by atoms with Gasteiger partial charge < -0.3 is 10.2 Å². The highest BCUT2D eigenvalue weighted by molar-refractivity contribution is 7.86. The molecule has 0 spiro atoms. The molecular formula is C12H15NO8S. The summed E-state index contributed by atoms with van der Waals surface area (Å²) in [5.74, 6) is -1.62. The molecule has 0 heterocycles. The molecule has 9 nitrogen and oxygen atoms in total. The molecule has 1 rings (SSSR count). The summed E-state index contributed by atoms with van der Waals surface area (Å²) in [5, 5.41) is 29.1. The van der Waals surface area contributed by atoms with Crippen LogP contribution in [0, 0.1) is 10.1 Å². The number of nitro benzene ring substituents is 1. The second kappa shape index (κ2) is 7.29. The Hall–Kier alpha value is -2.04. The van der Waals surface area contributed by atoms with E-state index in [-0.39, 0.29) is 12.1 Å². The van der Waals surface area contributed by atoms with E-state index in [0.29, 0.717) is 6.42 Å². The quantitative estimate of drug-likeness (QED) is 0.406. The Labute approximate surface area is 126 Å². The number of hydrogen-bond donors (Lipinski definition) is 2. The number of aliphatic hydroxyl groups excluding tert-OH is 1. The summed E-state index contributed by atoms with van der Waals surface area (Å²) in [7, 11) is -4.47. The van der Waals surface area contributed by atoms with Gasteiger partial charge in [-0.15, -0.1) is 0 Å². The number of carboxylic acid groups (broad SMARTS) is 1. The van der Waals surface area contributed by atoms with Gasteiger partial charge in [-0.25, -0.2) is 8.98 Å². The zero-order chi connectivity index (χ0) is 16.9. The zero-order valence-corrected chi connectivity index (χ0v) is 12.4. The number of aliphatic carboxylic acids is 1. The van der Waals surface area contributed by atoms with Gasteiger partial charge in [-0.3, -0.25) is 10.1 Å². The number of hydrogen-bond acceptors (Lipinski definition) is 7. The Balaban J connectivity index is 3.01. The van der Waals surface area contributed by atoms with Crippen LogP contribution in [0.5, 0.6) is 0 Å². The summed E-state index contributed by atoms with van der Waals surface area (Å²) in [5.41, 5.74) is -0.320. The lowest BCUT2D eigenvalue weighted by atomic mass is 10.1. The third kappa shape index (κ3) is 4.48. The highest BCUT2D eigenvalue weighted by Gasteiger charge is 2.33. The average Bonchev–Trinajstić information content (AvgIpc) is 2.44. The monoisotopic (exact) mass is 333 g/mol. The maximum absolute atomic E-state index is 12.0. The Morgan fingerprint density at radius 3 is 2.32 bits per heavy atom. The Morgan fingerprint density at radius 1 is 1.36 bits per heavy atom. The van der Waals surface area contributed by atoms with Gasteiger partial charge in [-0.1, -0.05) is 13.3 Å². The van der Waals surface area contributed by atoms with Gasteiger partial charge in [0.25, 0.3) is 15.8 Å². The van der Waals surface area contributed by atoms with Crippen LogP contribution in [0.15, 0.2) is 29.2 Å². The molecule has 0 aliphatic rings. The Bertz CT molecular complexity index is 640. The van der Waals surface area contributed by atoms with Crippen LogP contribution in [0.25, 0.3) is 0 Å². The minimum atomic E-state index is -4.47. The number of non-ortho nitro benzene ring substituents is 1. The fourth-order valence-corrected chi connectivity index (χ4v) is 2.71. The van der Waals surface area contributed by atoms with E-state index in [2.05, 4.69) is 4.18 Å². The molecular weight excluding hydrogens is 318 g/mol. The van der Waals surface area contributed by atoms with E-state index >= 15 is 0 Å². The smallest absolute Gasteiger partial charge is 0.337 e. The summed E-state index contributed by atoms with van der Waals surface area (Å²) < 4.78 is 28.5. The fraction of sp³-hybridized carbons (Fsp3) is 0.417. The zero-order valence-electron chi connectivity index (χ0n) is 11.6. The van der Waals surface area contributed by atoms with Gasteiger partial charge in [0, 0.05) is 12.1 Å². The third-order valence-electron chi connectivity index (χ3n) is 2.74. The van der Waals surface area contributed by atoms with Gasteiger partial charge >= 0.3 is 5.97 Å². The molecule has 2 unspecified atom stereocenters. The SMILES string of the molecule is CCCC(O)C(OS(=O)(=O)c1ccc([N+](=O)[O-])cc1)C(=O)O. The fourth-order valence-electron chi connectivity index (χ4n) is 1.64. The van der Waals surface area contributed by atoms with E-state index in [1.165, 1.54) is 0 Å². The summed E-state index contributed by atoms with van der Waals surface area (Å²) in [6.45, 7) is 1.69. The van der Waals surface area contributed by atoms with Crippen molar-refractivity contribution in [3.8, 4) is 0 Å². The first-order valence-electron chi connectivity index (χ1n) is 6.27. The second-order valence-corrected chi connectivity index (χ2v) is 5.99. The van der Waals surface area contributed by atoms with E-state index in [4.69, 9.17) is 5.11 Å². The molecule has 0 saturated heterocycles. The molecule has 0 aliphatic carbocycles. The highest BCUT2D eigenvalue weighted by atomic mass is 32.2. The lowest BCUT2D eigenvalue weighted by Crippen LogP contribution is -2.38. The van der Waals surface area contributed by atoms with Gasteiger partial charge in [0.2, 0.25) is 0 Å². The molecule has 0 amide bonds. The van der Waals surface area contributed by atoms with E-state index in [0.717, 1.165) is 24.3 Å².